The number of rotatable bonds is 22. The number of ketones is 2. The minimum atomic E-state index is -1.07. The maximum absolute atomic E-state index is 16.9. The molecule has 0 radical (unpaired) electrons. The number of halogens is 1. The normalized spacial score (nSPS) is 12.0. The fourth-order valence-corrected chi connectivity index (χ4v) is 6.12. The SMILES string of the molecule is CCCCCCCCOc1c(Nc2ccc(C(=O)OCCCC)cc2)c(F)c2c(c1OCCCCCCCC)C(=O)c1c(O)ccc(O)c1C2=O. The lowest BCUT2D eigenvalue weighted by atomic mass is 9.81. The molecule has 3 N–H and O–H groups in total. The summed E-state index contributed by atoms with van der Waals surface area (Å²) in [5.74, 6) is -4.61. The molecule has 0 heterocycles. The molecule has 276 valence electrons. The molecule has 4 rings (SSSR count). The van der Waals surface area contributed by atoms with E-state index in [9.17, 15) is 24.6 Å². The van der Waals surface area contributed by atoms with Crippen molar-refractivity contribution in [1.82, 2.24) is 0 Å². The molecular weight excluding hydrogens is 653 g/mol. The predicted molar refractivity (Wildman–Crippen MR) is 196 cm³/mol. The third-order valence-electron chi connectivity index (χ3n) is 9.03. The molecule has 0 unspecified atom stereocenters. The zero-order valence-corrected chi connectivity index (χ0v) is 30.2. The highest BCUT2D eigenvalue weighted by Gasteiger charge is 2.42. The monoisotopic (exact) mass is 705 g/mol. The number of ether oxygens (including phenoxy) is 3. The molecule has 0 aliphatic heterocycles. The third kappa shape index (κ3) is 9.80. The Morgan fingerprint density at radius 3 is 1.65 bits per heavy atom. The summed E-state index contributed by atoms with van der Waals surface area (Å²) in [6.45, 7) is 6.96. The number of hydrogen-bond acceptors (Lipinski definition) is 9. The van der Waals surface area contributed by atoms with Gasteiger partial charge in [0.25, 0.3) is 0 Å². The Hall–Kier alpha value is -4.60. The van der Waals surface area contributed by atoms with Crippen molar-refractivity contribution in [2.75, 3.05) is 25.1 Å². The van der Waals surface area contributed by atoms with Gasteiger partial charge in [0.1, 0.15) is 17.2 Å². The minimum Gasteiger partial charge on any atom is -0.507 e. The maximum atomic E-state index is 16.9. The fraction of sp³-hybridized carbons (Fsp3) is 0.488. The van der Waals surface area contributed by atoms with Gasteiger partial charge in [-0.25, -0.2) is 9.18 Å². The second-order valence-electron chi connectivity index (χ2n) is 13.0. The summed E-state index contributed by atoms with van der Waals surface area (Å²) >= 11 is 0. The van der Waals surface area contributed by atoms with Gasteiger partial charge in [-0.15, -0.1) is 0 Å². The third-order valence-corrected chi connectivity index (χ3v) is 9.03. The van der Waals surface area contributed by atoms with Crippen LogP contribution in [-0.2, 0) is 4.74 Å². The lowest BCUT2D eigenvalue weighted by molar-refractivity contribution is 0.0499. The Kier molecular flexibility index (Phi) is 15.1. The van der Waals surface area contributed by atoms with Gasteiger partial charge in [-0.3, -0.25) is 9.59 Å². The number of carbonyl (C=O) groups is 3. The number of phenolic OH excluding ortho intramolecular Hbond substituents is 2. The maximum Gasteiger partial charge on any atom is 0.338 e. The smallest absolute Gasteiger partial charge is 0.338 e. The van der Waals surface area contributed by atoms with Crippen LogP contribution in [0.5, 0.6) is 23.0 Å². The Morgan fingerprint density at radius 2 is 1.10 bits per heavy atom. The molecule has 0 bridgehead atoms. The Bertz CT molecular complexity index is 1650. The van der Waals surface area contributed by atoms with E-state index in [1.165, 1.54) is 0 Å². The van der Waals surface area contributed by atoms with Gasteiger partial charge >= 0.3 is 5.97 Å². The largest absolute Gasteiger partial charge is 0.507 e. The number of hydrogen-bond donors (Lipinski definition) is 3. The van der Waals surface area contributed by atoms with E-state index in [2.05, 4.69) is 19.2 Å². The summed E-state index contributed by atoms with van der Waals surface area (Å²) in [5, 5.41) is 24.3. The van der Waals surface area contributed by atoms with Crippen molar-refractivity contribution >= 4 is 28.9 Å². The van der Waals surface area contributed by atoms with Crippen molar-refractivity contribution in [2.45, 2.75) is 111 Å². The number of aromatic hydroxyl groups is 2. The number of carbonyl (C=O) groups excluding carboxylic acids is 3. The van der Waals surface area contributed by atoms with E-state index in [1.54, 1.807) is 24.3 Å². The molecule has 0 saturated carbocycles. The second-order valence-corrected chi connectivity index (χ2v) is 13.0. The summed E-state index contributed by atoms with van der Waals surface area (Å²) in [5.41, 5.74) is -1.37. The summed E-state index contributed by atoms with van der Waals surface area (Å²) in [6, 6.07) is 8.46. The van der Waals surface area contributed by atoms with Crippen molar-refractivity contribution in [2.24, 2.45) is 0 Å². The molecule has 0 saturated heterocycles. The first-order valence-electron chi connectivity index (χ1n) is 18.6. The van der Waals surface area contributed by atoms with E-state index >= 15 is 4.39 Å². The van der Waals surface area contributed by atoms with Crippen LogP contribution in [0, 0.1) is 5.82 Å². The first-order valence-corrected chi connectivity index (χ1v) is 18.6. The molecule has 0 fully saturated rings. The number of esters is 1. The molecule has 1 aliphatic rings. The average Bonchev–Trinajstić information content (AvgIpc) is 3.12. The number of phenols is 2. The van der Waals surface area contributed by atoms with Gasteiger partial charge in [0.15, 0.2) is 17.3 Å². The molecule has 0 atom stereocenters. The molecule has 3 aromatic rings. The first-order chi connectivity index (χ1) is 24.7. The molecular formula is C41H52FNO8. The zero-order chi connectivity index (χ0) is 36.8. The Morgan fingerprint density at radius 1 is 0.608 bits per heavy atom. The van der Waals surface area contributed by atoms with Crippen LogP contribution in [0.25, 0.3) is 0 Å². The van der Waals surface area contributed by atoms with Crippen LogP contribution in [0.1, 0.15) is 153 Å². The highest BCUT2D eigenvalue weighted by Crippen LogP contribution is 2.50. The molecule has 10 heteroatoms. The van der Waals surface area contributed by atoms with E-state index in [0.29, 0.717) is 30.7 Å². The lowest BCUT2D eigenvalue weighted by Crippen LogP contribution is -2.25. The predicted octanol–water partition coefficient (Wildman–Crippen LogP) is 10.2. The highest BCUT2D eigenvalue weighted by molar-refractivity contribution is 6.32. The summed E-state index contributed by atoms with van der Waals surface area (Å²) < 4.78 is 34.8. The van der Waals surface area contributed by atoms with Crippen LogP contribution in [0.2, 0.25) is 0 Å². The van der Waals surface area contributed by atoms with Gasteiger partial charge in [0, 0.05) is 5.69 Å². The Balaban J connectivity index is 1.77. The van der Waals surface area contributed by atoms with Crippen molar-refractivity contribution < 1.29 is 43.2 Å². The molecule has 0 aromatic heterocycles. The molecule has 9 nitrogen and oxygen atoms in total. The summed E-state index contributed by atoms with van der Waals surface area (Å²) in [6.07, 6.45) is 13.4. The van der Waals surface area contributed by atoms with Crippen LogP contribution < -0.4 is 14.8 Å². The molecule has 1 aliphatic carbocycles. The van der Waals surface area contributed by atoms with Gasteiger partial charge in [0.2, 0.25) is 11.6 Å². The first kappa shape index (κ1) is 39.2. The van der Waals surface area contributed by atoms with Crippen molar-refractivity contribution in [3.8, 4) is 23.0 Å². The van der Waals surface area contributed by atoms with Crippen LogP contribution in [-0.4, -0.2) is 47.6 Å². The van der Waals surface area contributed by atoms with Crippen LogP contribution in [0.4, 0.5) is 15.8 Å². The van der Waals surface area contributed by atoms with E-state index in [1.807, 2.05) is 6.92 Å². The highest BCUT2D eigenvalue weighted by atomic mass is 19.1. The number of fused-ring (bicyclic) bond motifs is 2. The fourth-order valence-electron chi connectivity index (χ4n) is 6.12. The van der Waals surface area contributed by atoms with E-state index in [0.717, 1.165) is 89.2 Å². The van der Waals surface area contributed by atoms with Crippen molar-refractivity contribution in [3.63, 3.8) is 0 Å². The Labute approximate surface area is 300 Å². The summed E-state index contributed by atoms with van der Waals surface area (Å²) in [7, 11) is 0. The topological polar surface area (TPSA) is 131 Å². The number of nitrogens with one attached hydrogen (secondary N) is 1. The molecule has 0 amide bonds. The van der Waals surface area contributed by atoms with Crippen molar-refractivity contribution in [3.05, 3.63) is 70.0 Å². The van der Waals surface area contributed by atoms with Crippen LogP contribution in [0.3, 0.4) is 0 Å². The number of anilines is 2. The van der Waals surface area contributed by atoms with Crippen LogP contribution >= 0.6 is 0 Å². The van der Waals surface area contributed by atoms with E-state index in [4.69, 9.17) is 14.2 Å². The van der Waals surface area contributed by atoms with Crippen molar-refractivity contribution in [1.29, 1.82) is 0 Å². The number of benzene rings is 3. The van der Waals surface area contributed by atoms with E-state index < -0.39 is 51.5 Å². The molecule has 0 spiro atoms. The number of unbranched alkanes of at least 4 members (excludes halogenated alkanes) is 11. The van der Waals surface area contributed by atoms with Gasteiger partial charge in [-0.05, 0) is 55.7 Å². The van der Waals surface area contributed by atoms with Gasteiger partial charge in [-0.1, -0.05) is 91.4 Å². The average molecular weight is 706 g/mol. The molecule has 51 heavy (non-hydrogen) atoms. The minimum absolute atomic E-state index is 0.0712. The van der Waals surface area contributed by atoms with Crippen LogP contribution in [0.15, 0.2) is 36.4 Å². The van der Waals surface area contributed by atoms with Gasteiger partial charge in [-0.2, -0.15) is 0 Å². The summed E-state index contributed by atoms with van der Waals surface area (Å²) in [4.78, 5) is 40.6. The zero-order valence-electron chi connectivity index (χ0n) is 30.2. The van der Waals surface area contributed by atoms with E-state index in [-0.39, 0.29) is 36.0 Å². The standard InChI is InChI=1S/C41H52FNO8/c1-4-7-10-12-14-16-25-49-39-34-33(37(46)31-29(44)22-23-30(45)32(31)38(34)47)35(42)36(40(39)50-26-17-15-13-11-8-5-2)43-28-20-18-27(19-21-28)41(48)51-24-9-6-3/h18-23,43-45H,4-17,24-26H2,1-3H3. The molecule has 3 aromatic carbocycles. The quantitative estimate of drug-likeness (QED) is 0.0415. The lowest BCUT2D eigenvalue weighted by Gasteiger charge is -2.26. The second kappa shape index (κ2) is 19.7. The van der Waals surface area contributed by atoms with Gasteiger partial charge in [0.05, 0.1) is 47.6 Å². The van der Waals surface area contributed by atoms with Gasteiger partial charge < -0.3 is 29.7 Å².